The van der Waals surface area contributed by atoms with Crippen molar-refractivity contribution < 1.29 is 13.9 Å². The van der Waals surface area contributed by atoms with Crippen LogP contribution in [-0.2, 0) is 11.2 Å². The molecule has 2 aromatic rings. The fraction of sp³-hybridized carbons (Fsp3) is 0.263. The average Bonchev–Trinajstić information content (AvgIpc) is 3.05. The van der Waals surface area contributed by atoms with Gasteiger partial charge in [-0.25, -0.2) is 9.18 Å². The third-order valence-corrected chi connectivity index (χ3v) is 5.30. The number of carbonyl (C=O) groups excluding carboxylic acids is 1. The molecular formula is C19H17Cl2FN2O2S. The standard InChI is InChI=1S/C19H17Cl2FN2O2S/c20-14-6-4-11(10-15(14)21)18(25)26-9-8-23-19(27)24-17-7-5-12-13(17)2-1-3-16(12)22/h1-4,6,10,17H,5,7-9H2,(H2,23,24,27). The Balaban J connectivity index is 1.42. The minimum Gasteiger partial charge on any atom is -0.460 e. The number of nitrogens with one attached hydrogen (secondary N) is 2. The van der Waals surface area contributed by atoms with Crippen LogP contribution in [0.2, 0.25) is 10.0 Å². The molecule has 1 atom stereocenters. The summed E-state index contributed by atoms with van der Waals surface area (Å²) in [6.45, 7) is 0.485. The van der Waals surface area contributed by atoms with Crippen molar-refractivity contribution in [3.8, 4) is 0 Å². The maximum Gasteiger partial charge on any atom is 0.338 e. The van der Waals surface area contributed by atoms with Gasteiger partial charge >= 0.3 is 5.97 Å². The van der Waals surface area contributed by atoms with Crippen LogP contribution in [0.25, 0.3) is 0 Å². The Morgan fingerprint density at radius 2 is 2.07 bits per heavy atom. The summed E-state index contributed by atoms with van der Waals surface area (Å²) in [7, 11) is 0. The second kappa shape index (κ2) is 8.87. The molecule has 1 aliphatic rings. The van der Waals surface area contributed by atoms with E-state index in [1.165, 1.54) is 12.1 Å². The highest BCUT2D eigenvalue weighted by molar-refractivity contribution is 7.80. The van der Waals surface area contributed by atoms with Crippen molar-refractivity contribution >= 4 is 46.5 Å². The van der Waals surface area contributed by atoms with Gasteiger partial charge in [0.15, 0.2) is 5.11 Å². The Morgan fingerprint density at radius 1 is 1.26 bits per heavy atom. The quantitative estimate of drug-likeness (QED) is 0.420. The number of thiocarbonyl (C=S) groups is 1. The first-order valence-corrected chi connectivity index (χ1v) is 9.56. The van der Waals surface area contributed by atoms with Crippen LogP contribution in [0.1, 0.15) is 33.9 Å². The molecule has 0 saturated heterocycles. The zero-order valence-corrected chi connectivity index (χ0v) is 16.6. The maximum atomic E-state index is 13.8. The number of hydrogen-bond donors (Lipinski definition) is 2. The van der Waals surface area contributed by atoms with E-state index in [1.54, 1.807) is 18.2 Å². The van der Waals surface area contributed by atoms with Gasteiger partial charge in [0.1, 0.15) is 12.4 Å². The molecule has 0 saturated carbocycles. The summed E-state index contributed by atoms with van der Waals surface area (Å²) >= 11 is 17.0. The summed E-state index contributed by atoms with van der Waals surface area (Å²) in [6.07, 6.45) is 1.47. The summed E-state index contributed by atoms with van der Waals surface area (Å²) in [5, 5.41) is 7.26. The first-order chi connectivity index (χ1) is 13.0. The van der Waals surface area contributed by atoms with E-state index in [9.17, 15) is 9.18 Å². The lowest BCUT2D eigenvalue weighted by atomic mass is 10.1. The van der Waals surface area contributed by atoms with E-state index in [0.717, 1.165) is 17.5 Å². The van der Waals surface area contributed by atoms with E-state index in [4.69, 9.17) is 40.2 Å². The number of esters is 1. The van der Waals surface area contributed by atoms with Crippen molar-refractivity contribution in [3.63, 3.8) is 0 Å². The third-order valence-electron chi connectivity index (χ3n) is 4.29. The van der Waals surface area contributed by atoms with Crippen LogP contribution in [-0.4, -0.2) is 24.2 Å². The number of rotatable bonds is 5. The fourth-order valence-corrected chi connectivity index (χ4v) is 3.53. The van der Waals surface area contributed by atoms with Crippen molar-refractivity contribution in [2.45, 2.75) is 18.9 Å². The zero-order chi connectivity index (χ0) is 19.4. The van der Waals surface area contributed by atoms with Crippen molar-refractivity contribution in [3.05, 3.63) is 69.0 Å². The number of carbonyl (C=O) groups is 1. The molecule has 142 valence electrons. The number of benzene rings is 2. The monoisotopic (exact) mass is 426 g/mol. The van der Waals surface area contributed by atoms with Crippen molar-refractivity contribution in [1.29, 1.82) is 0 Å². The lowest BCUT2D eigenvalue weighted by molar-refractivity contribution is 0.0512. The smallest absolute Gasteiger partial charge is 0.338 e. The Bertz CT molecular complexity index is 879. The van der Waals surface area contributed by atoms with E-state index >= 15 is 0 Å². The number of hydrogen-bond acceptors (Lipinski definition) is 3. The summed E-state index contributed by atoms with van der Waals surface area (Å²) in [4.78, 5) is 12.0. The highest BCUT2D eigenvalue weighted by atomic mass is 35.5. The largest absolute Gasteiger partial charge is 0.460 e. The molecule has 8 heteroatoms. The van der Waals surface area contributed by atoms with Crippen molar-refractivity contribution in [2.75, 3.05) is 13.2 Å². The van der Waals surface area contributed by atoms with Crippen LogP contribution in [0, 0.1) is 5.82 Å². The predicted octanol–water partition coefficient (Wildman–Crippen LogP) is 4.44. The fourth-order valence-electron chi connectivity index (χ4n) is 2.98. The van der Waals surface area contributed by atoms with Gasteiger partial charge in [-0.2, -0.15) is 0 Å². The molecule has 1 aliphatic carbocycles. The first-order valence-electron chi connectivity index (χ1n) is 8.39. The highest BCUT2D eigenvalue weighted by Gasteiger charge is 2.25. The van der Waals surface area contributed by atoms with Crippen LogP contribution in [0.15, 0.2) is 36.4 Å². The van der Waals surface area contributed by atoms with Gasteiger partial charge in [-0.15, -0.1) is 0 Å². The molecule has 0 heterocycles. The molecular weight excluding hydrogens is 410 g/mol. The van der Waals surface area contributed by atoms with Gasteiger partial charge in [-0.1, -0.05) is 35.3 Å². The van der Waals surface area contributed by atoms with Crippen LogP contribution in [0.3, 0.4) is 0 Å². The van der Waals surface area contributed by atoms with Crippen molar-refractivity contribution in [2.24, 2.45) is 0 Å². The van der Waals surface area contributed by atoms with Gasteiger partial charge in [0, 0.05) is 0 Å². The molecule has 1 unspecified atom stereocenters. The Hall–Kier alpha value is -1.89. The molecule has 0 bridgehead atoms. The number of fused-ring (bicyclic) bond motifs is 1. The molecule has 27 heavy (non-hydrogen) atoms. The topological polar surface area (TPSA) is 50.4 Å². The predicted molar refractivity (Wildman–Crippen MR) is 108 cm³/mol. The van der Waals surface area contributed by atoms with Crippen molar-refractivity contribution in [1.82, 2.24) is 10.6 Å². The molecule has 2 N–H and O–H groups in total. The Labute approximate surface area is 172 Å². The molecule has 0 aromatic heterocycles. The SMILES string of the molecule is O=C(OCCNC(=S)NC1CCc2c(F)cccc21)c1ccc(Cl)c(Cl)c1. The van der Waals surface area contributed by atoms with Gasteiger partial charge in [-0.3, -0.25) is 0 Å². The molecule has 4 nitrogen and oxygen atoms in total. The summed E-state index contributed by atoms with van der Waals surface area (Å²) in [6, 6.07) is 9.61. The van der Waals surface area contributed by atoms with Gasteiger partial charge in [-0.05, 0) is 60.5 Å². The Kier molecular flexibility index (Phi) is 6.52. The van der Waals surface area contributed by atoms with E-state index in [2.05, 4.69) is 10.6 Å². The second-order valence-corrected chi connectivity index (χ2v) is 7.29. The molecule has 0 aliphatic heterocycles. The molecule has 3 rings (SSSR count). The maximum absolute atomic E-state index is 13.8. The van der Waals surface area contributed by atoms with Gasteiger partial charge in [0.2, 0.25) is 0 Å². The van der Waals surface area contributed by atoms with E-state index in [0.29, 0.717) is 33.7 Å². The van der Waals surface area contributed by atoms with E-state index in [-0.39, 0.29) is 18.5 Å². The summed E-state index contributed by atoms with van der Waals surface area (Å²) in [5.74, 6) is -0.667. The number of halogens is 3. The Morgan fingerprint density at radius 3 is 2.85 bits per heavy atom. The third kappa shape index (κ3) is 4.89. The van der Waals surface area contributed by atoms with Crippen LogP contribution in [0.5, 0.6) is 0 Å². The first kappa shape index (κ1) is 19.9. The molecule has 0 fully saturated rings. The molecule has 0 radical (unpaired) electrons. The zero-order valence-electron chi connectivity index (χ0n) is 14.2. The number of ether oxygens (including phenoxy) is 1. The van der Waals surface area contributed by atoms with E-state index < -0.39 is 5.97 Å². The van der Waals surface area contributed by atoms with E-state index in [1.807, 2.05) is 6.07 Å². The lowest BCUT2D eigenvalue weighted by Gasteiger charge is -2.17. The summed E-state index contributed by atoms with van der Waals surface area (Å²) < 4.78 is 18.9. The normalized spacial score (nSPS) is 15.1. The van der Waals surface area contributed by atoms with Gasteiger partial charge in [0.25, 0.3) is 0 Å². The lowest BCUT2D eigenvalue weighted by Crippen LogP contribution is -2.38. The van der Waals surface area contributed by atoms with Gasteiger partial charge < -0.3 is 15.4 Å². The highest BCUT2D eigenvalue weighted by Crippen LogP contribution is 2.32. The summed E-state index contributed by atoms with van der Waals surface area (Å²) in [5.41, 5.74) is 2.01. The minimum absolute atomic E-state index is 0.0190. The molecule has 0 spiro atoms. The van der Waals surface area contributed by atoms with Gasteiger partial charge in [0.05, 0.1) is 28.2 Å². The molecule has 2 aromatic carbocycles. The minimum atomic E-state index is -0.491. The molecule has 0 amide bonds. The van der Waals surface area contributed by atoms with Crippen LogP contribution < -0.4 is 10.6 Å². The van der Waals surface area contributed by atoms with Crippen LogP contribution >= 0.6 is 35.4 Å². The van der Waals surface area contributed by atoms with Crippen LogP contribution in [0.4, 0.5) is 4.39 Å². The average molecular weight is 427 g/mol. The second-order valence-electron chi connectivity index (χ2n) is 6.06.